The number of pyridine rings is 1. The van der Waals surface area contributed by atoms with Crippen LogP contribution in [-0.4, -0.2) is 16.4 Å². The summed E-state index contributed by atoms with van der Waals surface area (Å²) < 4.78 is 1.35. The second-order valence-electron chi connectivity index (χ2n) is 5.66. The summed E-state index contributed by atoms with van der Waals surface area (Å²) in [5.41, 5.74) is 1.41. The first-order valence-electron chi connectivity index (χ1n) is 7.71. The minimum atomic E-state index is -0.396. The fourth-order valence-corrected chi connectivity index (χ4v) is 2.41. The Kier molecular flexibility index (Phi) is 5.52. The van der Waals surface area contributed by atoms with Crippen molar-refractivity contribution in [2.75, 3.05) is 5.32 Å². The highest BCUT2D eigenvalue weighted by Gasteiger charge is 2.13. The van der Waals surface area contributed by atoms with Gasteiger partial charge in [-0.2, -0.15) is 0 Å². The van der Waals surface area contributed by atoms with Crippen molar-refractivity contribution in [3.05, 3.63) is 64.1 Å². The van der Waals surface area contributed by atoms with Crippen LogP contribution in [0.3, 0.4) is 0 Å². The number of benzene rings is 1. The van der Waals surface area contributed by atoms with Crippen molar-refractivity contribution in [1.82, 2.24) is 9.88 Å². The minimum Gasteiger partial charge on any atom is -0.348 e. The number of hydrogen-bond donors (Lipinski definition) is 2. The highest BCUT2D eigenvalue weighted by molar-refractivity contribution is 5.88. The van der Waals surface area contributed by atoms with Gasteiger partial charge in [-0.15, -0.1) is 0 Å². The highest BCUT2D eigenvalue weighted by atomic mass is 16.2. The van der Waals surface area contributed by atoms with Crippen molar-refractivity contribution >= 4 is 17.5 Å². The van der Waals surface area contributed by atoms with Gasteiger partial charge in [0, 0.05) is 12.6 Å². The van der Waals surface area contributed by atoms with Crippen molar-refractivity contribution in [1.29, 1.82) is 0 Å². The van der Waals surface area contributed by atoms with Gasteiger partial charge in [0.25, 0.3) is 5.56 Å². The van der Waals surface area contributed by atoms with Crippen molar-refractivity contribution in [3.8, 4) is 0 Å². The Labute approximate surface area is 140 Å². The summed E-state index contributed by atoms with van der Waals surface area (Å²) in [6.45, 7) is 4.86. The number of aromatic nitrogens is 1. The van der Waals surface area contributed by atoms with Gasteiger partial charge in [0.1, 0.15) is 12.2 Å². The van der Waals surface area contributed by atoms with E-state index in [1.54, 1.807) is 19.1 Å². The molecule has 0 aliphatic carbocycles. The molecule has 2 rings (SSSR count). The minimum absolute atomic E-state index is 0.102. The molecule has 2 aromatic rings. The van der Waals surface area contributed by atoms with Crippen LogP contribution < -0.4 is 16.2 Å². The molecule has 1 heterocycles. The third kappa shape index (κ3) is 4.32. The molecule has 2 amide bonds. The van der Waals surface area contributed by atoms with Gasteiger partial charge in [-0.25, -0.2) is 0 Å². The van der Waals surface area contributed by atoms with E-state index in [2.05, 4.69) is 10.6 Å². The van der Waals surface area contributed by atoms with Crippen LogP contribution in [0.2, 0.25) is 0 Å². The molecule has 0 fully saturated rings. The molecule has 6 nitrogen and oxygen atoms in total. The summed E-state index contributed by atoms with van der Waals surface area (Å²) in [6, 6.07) is 12.7. The molecule has 0 bridgehead atoms. The van der Waals surface area contributed by atoms with Crippen LogP contribution in [0.4, 0.5) is 5.69 Å². The van der Waals surface area contributed by atoms with E-state index in [0.717, 1.165) is 5.56 Å². The summed E-state index contributed by atoms with van der Waals surface area (Å²) in [6.07, 6.45) is 0. The van der Waals surface area contributed by atoms with Crippen LogP contribution in [0.25, 0.3) is 0 Å². The van der Waals surface area contributed by atoms with Gasteiger partial charge in [0.05, 0.1) is 6.04 Å². The monoisotopic (exact) mass is 327 g/mol. The maximum atomic E-state index is 12.4. The number of nitrogens with zero attached hydrogens (tertiary/aromatic N) is 1. The molecule has 0 saturated carbocycles. The van der Waals surface area contributed by atoms with Gasteiger partial charge in [-0.1, -0.05) is 30.3 Å². The molecule has 6 heteroatoms. The Bertz CT molecular complexity index is 797. The smallest absolute Gasteiger partial charge is 0.274 e. The Morgan fingerprint density at radius 2 is 1.79 bits per heavy atom. The summed E-state index contributed by atoms with van der Waals surface area (Å²) in [5, 5.41) is 5.35. The van der Waals surface area contributed by atoms with Gasteiger partial charge >= 0.3 is 0 Å². The number of amides is 2. The Hall–Kier alpha value is -2.89. The largest absolute Gasteiger partial charge is 0.348 e. The first-order chi connectivity index (χ1) is 11.4. The molecule has 0 aliphatic rings. The number of anilines is 1. The molecular weight excluding hydrogens is 306 g/mol. The number of carbonyl (C=O) groups is 2. The van der Waals surface area contributed by atoms with Crippen LogP contribution in [0.1, 0.15) is 31.1 Å². The van der Waals surface area contributed by atoms with Crippen molar-refractivity contribution in [2.45, 2.75) is 33.4 Å². The summed E-state index contributed by atoms with van der Waals surface area (Å²) in [7, 11) is 0. The van der Waals surface area contributed by atoms with Gasteiger partial charge in [0.15, 0.2) is 0 Å². The molecule has 2 N–H and O–H groups in total. The summed E-state index contributed by atoms with van der Waals surface area (Å²) in [4.78, 5) is 35.8. The number of aryl methyl sites for hydroxylation is 1. The Morgan fingerprint density at radius 3 is 2.42 bits per heavy atom. The average Bonchev–Trinajstić information content (AvgIpc) is 2.54. The van der Waals surface area contributed by atoms with Crippen LogP contribution in [-0.2, 0) is 16.1 Å². The van der Waals surface area contributed by atoms with E-state index in [4.69, 9.17) is 0 Å². The molecule has 126 valence electrons. The second kappa shape index (κ2) is 7.59. The van der Waals surface area contributed by atoms with E-state index >= 15 is 0 Å². The van der Waals surface area contributed by atoms with Gasteiger partial charge < -0.3 is 15.2 Å². The second-order valence-corrected chi connectivity index (χ2v) is 5.66. The average molecular weight is 327 g/mol. The molecule has 24 heavy (non-hydrogen) atoms. The molecule has 0 saturated heterocycles. The third-order valence-electron chi connectivity index (χ3n) is 3.68. The van der Waals surface area contributed by atoms with E-state index in [1.807, 2.05) is 37.3 Å². The normalized spacial score (nSPS) is 11.6. The number of nitrogens with one attached hydrogen (secondary N) is 2. The number of rotatable bonds is 5. The first kappa shape index (κ1) is 17.5. The third-order valence-corrected chi connectivity index (χ3v) is 3.68. The fourth-order valence-electron chi connectivity index (χ4n) is 2.41. The molecule has 0 spiro atoms. The van der Waals surface area contributed by atoms with E-state index in [1.165, 1.54) is 11.5 Å². The summed E-state index contributed by atoms with van der Waals surface area (Å²) >= 11 is 0. The molecule has 1 aromatic carbocycles. The zero-order valence-electron chi connectivity index (χ0n) is 14.0. The van der Waals surface area contributed by atoms with Gasteiger partial charge in [-0.05, 0) is 31.5 Å². The maximum Gasteiger partial charge on any atom is 0.274 e. The van der Waals surface area contributed by atoms with E-state index in [-0.39, 0.29) is 30.1 Å². The lowest BCUT2D eigenvalue weighted by atomic mass is 10.1. The zero-order valence-corrected chi connectivity index (χ0v) is 14.0. The summed E-state index contributed by atoms with van der Waals surface area (Å²) in [5.74, 6) is -0.596. The molecule has 1 atom stereocenters. The fraction of sp³-hybridized carbons (Fsp3) is 0.278. The predicted molar refractivity (Wildman–Crippen MR) is 92.7 cm³/mol. The highest BCUT2D eigenvalue weighted by Crippen LogP contribution is 2.11. The molecular formula is C18H21N3O3. The molecule has 0 radical (unpaired) electrons. The molecule has 1 unspecified atom stereocenters. The van der Waals surface area contributed by atoms with Crippen LogP contribution in [0.5, 0.6) is 0 Å². The Morgan fingerprint density at radius 1 is 1.12 bits per heavy atom. The maximum absolute atomic E-state index is 12.4. The number of carbonyl (C=O) groups excluding carboxylic acids is 2. The van der Waals surface area contributed by atoms with E-state index in [0.29, 0.717) is 5.69 Å². The van der Waals surface area contributed by atoms with Gasteiger partial charge in [0.2, 0.25) is 11.8 Å². The van der Waals surface area contributed by atoms with Crippen LogP contribution in [0, 0.1) is 6.92 Å². The Balaban J connectivity index is 2.14. The van der Waals surface area contributed by atoms with E-state index in [9.17, 15) is 14.4 Å². The van der Waals surface area contributed by atoms with Crippen LogP contribution >= 0.6 is 0 Å². The standard InChI is InChI=1S/C18H21N3O3/c1-12-9-10-16(20-14(3)22)18(24)21(12)11-17(23)19-13(2)15-7-5-4-6-8-15/h4-10,13H,11H2,1-3H3,(H,19,23)(H,20,22). The first-order valence-corrected chi connectivity index (χ1v) is 7.71. The lowest BCUT2D eigenvalue weighted by Crippen LogP contribution is -2.35. The lowest BCUT2D eigenvalue weighted by molar-refractivity contribution is -0.122. The topological polar surface area (TPSA) is 80.2 Å². The van der Waals surface area contributed by atoms with Crippen molar-refractivity contribution < 1.29 is 9.59 Å². The van der Waals surface area contributed by atoms with Crippen LogP contribution in [0.15, 0.2) is 47.3 Å². The van der Waals surface area contributed by atoms with Crippen molar-refractivity contribution in [2.24, 2.45) is 0 Å². The van der Waals surface area contributed by atoms with E-state index < -0.39 is 5.56 Å². The molecule has 0 aliphatic heterocycles. The molecule has 1 aromatic heterocycles. The quantitative estimate of drug-likeness (QED) is 0.881. The number of hydrogen-bond acceptors (Lipinski definition) is 3. The lowest BCUT2D eigenvalue weighted by Gasteiger charge is -2.16. The zero-order chi connectivity index (χ0) is 17.7. The predicted octanol–water partition coefficient (Wildman–Crippen LogP) is 1.99. The van der Waals surface area contributed by atoms with Crippen molar-refractivity contribution in [3.63, 3.8) is 0 Å². The SMILES string of the molecule is CC(=O)Nc1ccc(C)n(CC(=O)NC(C)c2ccccc2)c1=O. The van der Waals surface area contributed by atoms with Gasteiger partial charge in [-0.3, -0.25) is 14.4 Å².